The summed E-state index contributed by atoms with van der Waals surface area (Å²) < 4.78 is 0. The van der Waals surface area contributed by atoms with Gasteiger partial charge in [0, 0.05) is 35.5 Å². The largest absolute Gasteiger partial charge is 0.324 e. The van der Waals surface area contributed by atoms with Crippen LogP contribution in [0.4, 0.5) is 11.4 Å². The summed E-state index contributed by atoms with van der Waals surface area (Å²) in [5.41, 5.74) is 3.84. The van der Waals surface area contributed by atoms with E-state index in [1.807, 2.05) is 30.3 Å². The number of hydrogen-bond donors (Lipinski definition) is 3. The van der Waals surface area contributed by atoms with Crippen LogP contribution in [0.25, 0.3) is 22.0 Å². The van der Waals surface area contributed by atoms with Gasteiger partial charge in [0.2, 0.25) is 5.91 Å². The van der Waals surface area contributed by atoms with Gasteiger partial charge in [-0.25, -0.2) is 0 Å². The van der Waals surface area contributed by atoms with E-state index >= 15 is 0 Å². The van der Waals surface area contributed by atoms with Crippen molar-refractivity contribution in [1.82, 2.24) is 20.2 Å². The number of anilines is 2. The van der Waals surface area contributed by atoms with Gasteiger partial charge in [0.15, 0.2) is 5.69 Å². The first kappa shape index (κ1) is 18.0. The van der Waals surface area contributed by atoms with Crippen LogP contribution in [0.1, 0.15) is 23.3 Å². The van der Waals surface area contributed by atoms with Crippen LogP contribution in [0.2, 0.25) is 0 Å². The minimum absolute atomic E-state index is 0.0389. The fourth-order valence-corrected chi connectivity index (χ4v) is 3.27. The Hall–Kier alpha value is -4.07. The number of benzene rings is 1. The Morgan fingerprint density at radius 1 is 0.933 bits per heavy atom. The number of carbonyl (C=O) groups is 2. The molecule has 8 nitrogen and oxygen atoms in total. The Kier molecular flexibility index (Phi) is 4.44. The second-order valence-electron chi connectivity index (χ2n) is 7.21. The van der Waals surface area contributed by atoms with Crippen LogP contribution in [0.5, 0.6) is 0 Å². The van der Waals surface area contributed by atoms with Gasteiger partial charge < -0.3 is 10.6 Å². The molecule has 1 aromatic carbocycles. The monoisotopic (exact) mass is 398 g/mol. The lowest BCUT2D eigenvalue weighted by Crippen LogP contribution is -2.18. The fourth-order valence-electron chi connectivity index (χ4n) is 3.27. The smallest absolute Gasteiger partial charge is 0.276 e. The Bertz CT molecular complexity index is 1250. The molecule has 3 heterocycles. The molecule has 5 rings (SSSR count). The van der Waals surface area contributed by atoms with Crippen molar-refractivity contribution in [3.05, 3.63) is 66.9 Å². The van der Waals surface area contributed by atoms with Crippen molar-refractivity contribution in [2.24, 2.45) is 5.92 Å². The van der Waals surface area contributed by atoms with Crippen molar-refractivity contribution in [3.8, 4) is 11.1 Å². The van der Waals surface area contributed by atoms with Gasteiger partial charge in [-0.3, -0.25) is 24.7 Å². The highest BCUT2D eigenvalue weighted by Crippen LogP contribution is 2.32. The van der Waals surface area contributed by atoms with E-state index in [-0.39, 0.29) is 23.4 Å². The molecule has 0 saturated heterocycles. The maximum absolute atomic E-state index is 13.0. The molecule has 0 unspecified atom stereocenters. The van der Waals surface area contributed by atoms with Gasteiger partial charge in [0.05, 0.1) is 23.1 Å². The second kappa shape index (κ2) is 7.40. The van der Waals surface area contributed by atoms with Crippen molar-refractivity contribution in [1.29, 1.82) is 0 Å². The minimum Gasteiger partial charge on any atom is -0.324 e. The zero-order chi connectivity index (χ0) is 20.5. The molecule has 0 aliphatic heterocycles. The molecule has 1 fully saturated rings. The average Bonchev–Trinajstić information content (AvgIpc) is 3.55. The van der Waals surface area contributed by atoms with Crippen LogP contribution in [-0.2, 0) is 4.79 Å². The van der Waals surface area contributed by atoms with Gasteiger partial charge >= 0.3 is 0 Å². The predicted octanol–water partition coefficient (Wildman–Crippen LogP) is 3.62. The summed E-state index contributed by atoms with van der Waals surface area (Å²) >= 11 is 0. The minimum atomic E-state index is -0.389. The number of aromatic amines is 1. The lowest BCUT2D eigenvalue weighted by molar-refractivity contribution is -0.117. The van der Waals surface area contributed by atoms with E-state index in [1.54, 1.807) is 24.7 Å². The number of rotatable bonds is 5. The van der Waals surface area contributed by atoms with Gasteiger partial charge in [-0.1, -0.05) is 12.1 Å². The Labute approximate surface area is 171 Å². The quantitative estimate of drug-likeness (QED) is 0.475. The van der Waals surface area contributed by atoms with Crippen LogP contribution in [0, 0.1) is 5.92 Å². The van der Waals surface area contributed by atoms with Crippen molar-refractivity contribution in [3.63, 3.8) is 0 Å². The van der Waals surface area contributed by atoms with Crippen molar-refractivity contribution >= 4 is 34.1 Å². The maximum Gasteiger partial charge on any atom is 0.276 e. The van der Waals surface area contributed by atoms with E-state index in [1.165, 1.54) is 6.20 Å². The first-order valence-corrected chi connectivity index (χ1v) is 9.64. The lowest BCUT2D eigenvalue weighted by atomic mass is 10.0. The number of pyridine rings is 2. The molecule has 8 heteroatoms. The van der Waals surface area contributed by atoms with E-state index < -0.39 is 0 Å². The molecule has 3 aromatic heterocycles. The molecule has 0 spiro atoms. The number of aromatic nitrogens is 4. The van der Waals surface area contributed by atoms with Gasteiger partial charge in [0.25, 0.3) is 5.91 Å². The Morgan fingerprint density at radius 3 is 2.60 bits per heavy atom. The molecule has 2 amide bonds. The molecule has 148 valence electrons. The summed E-state index contributed by atoms with van der Waals surface area (Å²) in [6, 6.07) is 11.2. The maximum atomic E-state index is 13.0. The molecule has 4 aromatic rings. The third-order valence-electron chi connectivity index (χ3n) is 5.05. The van der Waals surface area contributed by atoms with Crippen LogP contribution >= 0.6 is 0 Å². The molecular weight excluding hydrogens is 380 g/mol. The number of fused-ring (bicyclic) bond motifs is 1. The topological polar surface area (TPSA) is 113 Å². The number of nitrogens with one attached hydrogen (secondary N) is 3. The van der Waals surface area contributed by atoms with E-state index in [0.717, 1.165) is 29.5 Å². The first-order chi connectivity index (χ1) is 14.7. The fraction of sp³-hybridized carbons (Fsp3) is 0.136. The van der Waals surface area contributed by atoms with Crippen LogP contribution in [-0.4, -0.2) is 32.0 Å². The molecular formula is C22H18N6O2. The summed E-state index contributed by atoms with van der Waals surface area (Å²) in [7, 11) is 0. The van der Waals surface area contributed by atoms with E-state index in [9.17, 15) is 9.59 Å². The number of H-pyrrole nitrogens is 1. The zero-order valence-electron chi connectivity index (χ0n) is 15.9. The summed E-state index contributed by atoms with van der Waals surface area (Å²) in [6.45, 7) is 0. The molecule has 0 radical (unpaired) electrons. The second-order valence-corrected chi connectivity index (χ2v) is 7.21. The summed E-state index contributed by atoms with van der Waals surface area (Å²) in [4.78, 5) is 33.3. The number of hydrogen-bond acceptors (Lipinski definition) is 5. The molecule has 3 N–H and O–H groups in total. The lowest BCUT2D eigenvalue weighted by Gasteiger charge is -2.11. The van der Waals surface area contributed by atoms with Gasteiger partial charge in [0.1, 0.15) is 0 Å². The van der Waals surface area contributed by atoms with Crippen molar-refractivity contribution in [2.75, 3.05) is 10.6 Å². The SMILES string of the molecule is O=C(Nc1cnccc1NC(=O)C1CC1)c1n[nH]c2ccc(-c3cccnc3)cc12. The van der Waals surface area contributed by atoms with Crippen LogP contribution in [0.3, 0.4) is 0 Å². The van der Waals surface area contributed by atoms with E-state index in [0.29, 0.717) is 16.8 Å². The van der Waals surface area contributed by atoms with Crippen molar-refractivity contribution < 1.29 is 9.59 Å². The third kappa shape index (κ3) is 3.50. The van der Waals surface area contributed by atoms with Gasteiger partial charge in [-0.15, -0.1) is 0 Å². The highest BCUT2D eigenvalue weighted by Gasteiger charge is 2.30. The Morgan fingerprint density at radius 2 is 1.80 bits per heavy atom. The Balaban J connectivity index is 1.44. The predicted molar refractivity (Wildman–Crippen MR) is 113 cm³/mol. The molecule has 30 heavy (non-hydrogen) atoms. The number of nitrogens with zero attached hydrogens (tertiary/aromatic N) is 3. The van der Waals surface area contributed by atoms with E-state index in [4.69, 9.17) is 0 Å². The van der Waals surface area contributed by atoms with E-state index in [2.05, 4.69) is 30.8 Å². The summed E-state index contributed by atoms with van der Waals surface area (Å²) in [5.74, 6) is -0.370. The zero-order valence-corrected chi connectivity index (χ0v) is 15.9. The van der Waals surface area contributed by atoms with Crippen LogP contribution in [0.15, 0.2) is 61.2 Å². The molecule has 1 saturated carbocycles. The molecule has 0 atom stereocenters. The third-order valence-corrected chi connectivity index (χ3v) is 5.05. The van der Waals surface area contributed by atoms with Crippen LogP contribution < -0.4 is 10.6 Å². The summed E-state index contributed by atoms with van der Waals surface area (Å²) in [6.07, 6.45) is 8.37. The number of amides is 2. The normalized spacial score (nSPS) is 13.2. The molecule has 0 bridgehead atoms. The number of carbonyl (C=O) groups excluding carboxylic acids is 2. The standard InChI is InChI=1S/C22H18N6O2/c29-21(13-3-4-13)25-18-7-9-24-12-19(18)26-22(30)20-16-10-14(5-6-17(16)27-28-20)15-2-1-8-23-11-15/h1-2,5-13H,3-4H2,(H,26,30)(H,27,28)(H,24,25,29). The highest BCUT2D eigenvalue weighted by molar-refractivity contribution is 6.13. The van der Waals surface area contributed by atoms with Gasteiger partial charge in [-0.2, -0.15) is 5.10 Å². The molecule has 1 aliphatic rings. The van der Waals surface area contributed by atoms with Crippen molar-refractivity contribution in [2.45, 2.75) is 12.8 Å². The van der Waals surface area contributed by atoms with Gasteiger partial charge in [-0.05, 0) is 42.7 Å². The molecule has 1 aliphatic carbocycles. The average molecular weight is 398 g/mol. The highest BCUT2D eigenvalue weighted by atomic mass is 16.2. The first-order valence-electron chi connectivity index (χ1n) is 9.64. The summed E-state index contributed by atoms with van der Waals surface area (Å²) in [5, 5.41) is 13.5.